The van der Waals surface area contributed by atoms with Crippen LogP contribution < -0.4 is 4.90 Å². The van der Waals surface area contributed by atoms with Crippen molar-refractivity contribution in [3.05, 3.63) is 64.7 Å². The molecule has 0 radical (unpaired) electrons. The van der Waals surface area contributed by atoms with Gasteiger partial charge in [-0.05, 0) is 69.5 Å². The number of carbonyl (C=O) groups excluding carboxylic acids is 4. The van der Waals surface area contributed by atoms with Crippen molar-refractivity contribution < 1.29 is 28.7 Å². The fraction of sp³-hybridized carbons (Fsp3) is 0.393. The van der Waals surface area contributed by atoms with E-state index < -0.39 is 29.4 Å². The molecule has 0 fully saturated rings. The molecule has 2 aromatic carbocycles. The molecule has 37 heavy (non-hydrogen) atoms. The van der Waals surface area contributed by atoms with Gasteiger partial charge in [-0.25, -0.2) is 0 Å². The molecule has 3 rings (SSSR count). The minimum absolute atomic E-state index is 0.00295. The molecule has 1 aliphatic heterocycles. The molecule has 0 unspecified atom stereocenters. The predicted octanol–water partition coefficient (Wildman–Crippen LogP) is 3.23. The Hall–Kier alpha value is -4.19. The van der Waals surface area contributed by atoms with Crippen LogP contribution in [0.25, 0.3) is 0 Å². The minimum Gasteiger partial charge on any atom is -0.466 e. The molecule has 9 nitrogen and oxygen atoms in total. The second kappa shape index (κ2) is 11.7. The van der Waals surface area contributed by atoms with Gasteiger partial charge < -0.3 is 14.4 Å². The molecule has 194 valence electrons. The van der Waals surface area contributed by atoms with E-state index >= 15 is 0 Å². The second-order valence-corrected chi connectivity index (χ2v) is 9.69. The van der Waals surface area contributed by atoms with Gasteiger partial charge in [0.2, 0.25) is 5.91 Å². The summed E-state index contributed by atoms with van der Waals surface area (Å²) >= 11 is 0. The van der Waals surface area contributed by atoms with Gasteiger partial charge in [-0.15, -0.1) is 0 Å². The number of carbonyl (C=O) groups is 4. The second-order valence-electron chi connectivity index (χ2n) is 9.69. The van der Waals surface area contributed by atoms with Crippen LogP contribution in [0.4, 0.5) is 5.69 Å². The predicted molar refractivity (Wildman–Crippen MR) is 136 cm³/mol. The van der Waals surface area contributed by atoms with Gasteiger partial charge in [-0.3, -0.25) is 24.1 Å². The number of esters is 2. The lowest BCUT2D eigenvalue weighted by atomic mass is 10.00. The zero-order valence-electron chi connectivity index (χ0n) is 21.6. The molecular weight excluding hydrogens is 474 g/mol. The summed E-state index contributed by atoms with van der Waals surface area (Å²) in [7, 11) is 0. The number of nitriles is 1. The molecule has 0 atom stereocenters. The number of fused-ring (bicyclic) bond motifs is 1. The Balaban J connectivity index is 1.95. The molecular formula is C28H31N3O6. The average Bonchev–Trinajstić information content (AvgIpc) is 2.92. The molecule has 1 aliphatic rings. The van der Waals surface area contributed by atoms with E-state index in [1.165, 1.54) is 9.80 Å². The van der Waals surface area contributed by atoms with Crippen molar-refractivity contribution in [2.75, 3.05) is 31.1 Å². The summed E-state index contributed by atoms with van der Waals surface area (Å²) in [6.45, 7) is 6.48. The van der Waals surface area contributed by atoms with Crippen LogP contribution >= 0.6 is 0 Å². The maximum Gasteiger partial charge on any atom is 0.326 e. The number of ether oxygens (including phenoxy) is 2. The van der Waals surface area contributed by atoms with Crippen molar-refractivity contribution >= 4 is 29.4 Å². The number of amides is 2. The summed E-state index contributed by atoms with van der Waals surface area (Å²) in [4.78, 5) is 53.9. The highest BCUT2D eigenvalue weighted by molar-refractivity contribution is 6.11. The molecule has 0 saturated carbocycles. The summed E-state index contributed by atoms with van der Waals surface area (Å²) in [6.07, 6.45) is 0.439. The molecule has 0 spiro atoms. The van der Waals surface area contributed by atoms with Gasteiger partial charge >= 0.3 is 11.9 Å². The highest BCUT2D eigenvalue weighted by Gasteiger charge is 2.34. The maximum atomic E-state index is 13.5. The lowest BCUT2D eigenvalue weighted by Gasteiger charge is -2.25. The van der Waals surface area contributed by atoms with Crippen LogP contribution in [0.5, 0.6) is 0 Å². The van der Waals surface area contributed by atoms with Crippen molar-refractivity contribution in [3.63, 3.8) is 0 Å². The standard InChI is InChI=1S/C28H31N3O6/c1-5-36-25(33)12-13-30-17-24(32)31(18-26(34)37-28(2,3)4)23-11-10-21(15-22(23)27(30)35)14-19-6-8-20(16-29)9-7-19/h6-11,15H,5,12-14,17-18H2,1-4H3. The molecule has 0 aromatic heterocycles. The fourth-order valence-corrected chi connectivity index (χ4v) is 3.97. The summed E-state index contributed by atoms with van der Waals surface area (Å²) in [5.74, 6) is -1.93. The molecule has 2 amide bonds. The van der Waals surface area contributed by atoms with Gasteiger partial charge in [-0.1, -0.05) is 18.2 Å². The molecule has 0 aliphatic carbocycles. The van der Waals surface area contributed by atoms with Gasteiger partial charge in [0.15, 0.2) is 0 Å². The smallest absolute Gasteiger partial charge is 0.326 e. The van der Waals surface area contributed by atoms with Gasteiger partial charge in [0.25, 0.3) is 5.91 Å². The van der Waals surface area contributed by atoms with Gasteiger partial charge in [0, 0.05) is 6.54 Å². The number of hydrogen-bond acceptors (Lipinski definition) is 7. The third-order valence-corrected chi connectivity index (χ3v) is 5.59. The van der Waals surface area contributed by atoms with Crippen LogP contribution in [0.15, 0.2) is 42.5 Å². The minimum atomic E-state index is -0.735. The molecule has 9 heteroatoms. The fourth-order valence-electron chi connectivity index (χ4n) is 3.97. The normalized spacial score (nSPS) is 13.5. The zero-order valence-corrected chi connectivity index (χ0v) is 21.6. The van der Waals surface area contributed by atoms with Crippen LogP contribution in [0.1, 0.15) is 61.2 Å². The molecule has 0 N–H and O–H groups in total. The quantitative estimate of drug-likeness (QED) is 0.506. The van der Waals surface area contributed by atoms with E-state index in [9.17, 15) is 19.2 Å². The van der Waals surface area contributed by atoms with E-state index in [0.717, 1.165) is 11.1 Å². The third kappa shape index (κ3) is 7.40. The first-order chi connectivity index (χ1) is 17.5. The van der Waals surface area contributed by atoms with Crippen LogP contribution in [0, 0.1) is 11.3 Å². The van der Waals surface area contributed by atoms with E-state index in [4.69, 9.17) is 14.7 Å². The first kappa shape index (κ1) is 27.4. The summed E-state index contributed by atoms with van der Waals surface area (Å²) in [6, 6.07) is 14.4. The van der Waals surface area contributed by atoms with Crippen molar-refractivity contribution in [1.29, 1.82) is 5.26 Å². The SMILES string of the molecule is CCOC(=O)CCN1CC(=O)N(CC(=O)OC(C)(C)C)c2ccc(Cc3ccc(C#N)cc3)cc2C1=O. The Morgan fingerprint density at radius 3 is 2.32 bits per heavy atom. The first-order valence-corrected chi connectivity index (χ1v) is 12.1. The Labute approximate surface area is 216 Å². The summed E-state index contributed by atoms with van der Waals surface area (Å²) < 4.78 is 10.4. The van der Waals surface area contributed by atoms with Gasteiger partial charge in [-0.2, -0.15) is 5.26 Å². The van der Waals surface area contributed by atoms with Crippen LogP contribution in [0.2, 0.25) is 0 Å². The summed E-state index contributed by atoms with van der Waals surface area (Å²) in [5.41, 5.74) is 2.14. The number of hydrogen-bond donors (Lipinski definition) is 0. The largest absolute Gasteiger partial charge is 0.466 e. The Morgan fingerprint density at radius 1 is 1.03 bits per heavy atom. The molecule has 0 saturated heterocycles. The van der Waals surface area contributed by atoms with Crippen LogP contribution in [-0.4, -0.2) is 60.5 Å². The molecule has 0 bridgehead atoms. The van der Waals surface area contributed by atoms with Crippen LogP contribution in [0.3, 0.4) is 0 Å². The van der Waals surface area contributed by atoms with Gasteiger partial charge in [0.1, 0.15) is 18.7 Å². The summed E-state index contributed by atoms with van der Waals surface area (Å²) in [5, 5.41) is 9.02. The first-order valence-electron chi connectivity index (χ1n) is 12.1. The van der Waals surface area contributed by atoms with Crippen molar-refractivity contribution in [2.24, 2.45) is 0 Å². The van der Waals surface area contributed by atoms with Crippen LogP contribution in [-0.2, 0) is 30.3 Å². The van der Waals surface area contributed by atoms with E-state index in [2.05, 4.69) is 6.07 Å². The third-order valence-electron chi connectivity index (χ3n) is 5.59. The maximum absolute atomic E-state index is 13.5. The number of anilines is 1. The Kier molecular flexibility index (Phi) is 8.66. The highest BCUT2D eigenvalue weighted by atomic mass is 16.6. The van der Waals surface area contributed by atoms with Crippen molar-refractivity contribution in [2.45, 2.75) is 46.1 Å². The highest BCUT2D eigenvalue weighted by Crippen LogP contribution is 2.28. The lowest BCUT2D eigenvalue weighted by molar-refractivity contribution is -0.153. The van der Waals surface area contributed by atoms with Crippen molar-refractivity contribution in [1.82, 2.24) is 4.90 Å². The Bertz CT molecular complexity index is 1220. The topological polar surface area (TPSA) is 117 Å². The number of rotatable bonds is 8. The monoisotopic (exact) mass is 505 g/mol. The molecule has 2 aromatic rings. The number of benzene rings is 2. The lowest BCUT2D eigenvalue weighted by Crippen LogP contribution is -2.43. The number of nitrogens with zero attached hydrogens (tertiary/aromatic N) is 3. The average molecular weight is 506 g/mol. The van der Waals surface area contributed by atoms with Gasteiger partial charge in [0.05, 0.1) is 35.9 Å². The van der Waals surface area contributed by atoms with E-state index in [-0.39, 0.29) is 38.2 Å². The van der Waals surface area contributed by atoms with E-state index in [0.29, 0.717) is 17.7 Å². The zero-order chi connectivity index (χ0) is 27.2. The molecule has 1 heterocycles. The van der Waals surface area contributed by atoms with Crippen molar-refractivity contribution in [3.8, 4) is 6.07 Å². The van der Waals surface area contributed by atoms with E-state index in [1.54, 1.807) is 58.0 Å². The van der Waals surface area contributed by atoms with E-state index in [1.807, 2.05) is 12.1 Å². The Morgan fingerprint density at radius 2 is 1.70 bits per heavy atom.